The van der Waals surface area contributed by atoms with Crippen LogP contribution in [0.5, 0.6) is 0 Å². The lowest BCUT2D eigenvalue weighted by Gasteiger charge is -2.29. The molecule has 2 N–H and O–H groups in total. The molecule has 1 aromatic carbocycles. The molecule has 2 heterocycles. The lowest BCUT2D eigenvalue weighted by Crippen LogP contribution is -2.42. The highest BCUT2D eigenvalue weighted by molar-refractivity contribution is 5.97. The lowest BCUT2D eigenvalue weighted by atomic mass is 10.1. The zero-order chi connectivity index (χ0) is 13.9. The molecule has 1 amide bonds. The van der Waals surface area contributed by atoms with Crippen LogP contribution in [0.25, 0.3) is 11.3 Å². The summed E-state index contributed by atoms with van der Waals surface area (Å²) in [6, 6.07) is 9.47. The average Bonchev–Trinajstić information content (AvgIpc) is 2.97. The number of nitrogens with one attached hydrogen (secondary N) is 1. The molecule has 20 heavy (non-hydrogen) atoms. The number of carbonyl (C=O) groups excluding carboxylic acids is 1. The Morgan fingerprint density at radius 3 is 2.85 bits per heavy atom. The number of aromatic amines is 1. The van der Waals surface area contributed by atoms with Crippen LogP contribution >= 0.6 is 0 Å². The van der Waals surface area contributed by atoms with Crippen molar-refractivity contribution in [2.24, 2.45) is 0 Å². The number of aliphatic hydroxyl groups is 1. The smallest absolute Gasteiger partial charge is 0.276 e. The van der Waals surface area contributed by atoms with Gasteiger partial charge in [-0.3, -0.25) is 4.79 Å². The summed E-state index contributed by atoms with van der Waals surface area (Å²) < 4.78 is 0. The molecule has 1 aromatic heterocycles. The Labute approximate surface area is 116 Å². The van der Waals surface area contributed by atoms with Crippen molar-refractivity contribution < 1.29 is 9.90 Å². The second-order valence-electron chi connectivity index (χ2n) is 4.93. The molecule has 0 saturated carbocycles. The average molecular weight is 272 g/mol. The van der Waals surface area contributed by atoms with Crippen LogP contribution in [0.15, 0.2) is 30.3 Å². The van der Waals surface area contributed by atoms with Gasteiger partial charge in [0.05, 0.1) is 6.10 Å². The highest BCUT2D eigenvalue weighted by Crippen LogP contribution is 2.21. The highest BCUT2D eigenvalue weighted by atomic mass is 16.3. The molecule has 1 saturated heterocycles. The van der Waals surface area contributed by atoms with E-state index in [9.17, 15) is 9.90 Å². The second kappa shape index (κ2) is 5.42. The van der Waals surface area contributed by atoms with E-state index < -0.39 is 6.10 Å². The predicted octanol–water partition coefficient (Wildman–Crippen LogP) is 1.07. The first-order chi connectivity index (χ1) is 9.75. The van der Waals surface area contributed by atoms with Gasteiger partial charge in [0, 0.05) is 18.7 Å². The molecule has 0 bridgehead atoms. The van der Waals surface area contributed by atoms with Crippen LogP contribution < -0.4 is 0 Å². The third kappa shape index (κ3) is 2.42. The van der Waals surface area contributed by atoms with Gasteiger partial charge >= 0.3 is 0 Å². The molecule has 1 aliphatic heterocycles. The molecule has 1 fully saturated rings. The minimum absolute atomic E-state index is 0.184. The van der Waals surface area contributed by atoms with Gasteiger partial charge < -0.3 is 10.0 Å². The molecular weight excluding hydrogens is 256 g/mol. The van der Waals surface area contributed by atoms with Crippen molar-refractivity contribution in [3.8, 4) is 11.3 Å². The summed E-state index contributed by atoms with van der Waals surface area (Å²) in [5.74, 6) is -0.184. The first kappa shape index (κ1) is 12.8. The van der Waals surface area contributed by atoms with Gasteiger partial charge in [0.1, 0.15) is 5.69 Å². The van der Waals surface area contributed by atoms with E-state index in [0.29, 0.717) is 24.5 Å². The van der Waals surface area contributed by atoms with Gasteiger partial charge in [0.15, 0.2) is 5.69 Å². The number of H-pyrrole nitrogens is 1. The number of β-amino-alcohol motifs (C(OH)–C–C–N with tert-alkyl or cyclic N) is 1. The maximum absolute atomic E-state index is 12.5. The molecule has 1 atom stereocenters. The number of aliphatic hydroxyl groups excluding tert-OH is 1. The molecule has 2 aromatic rings. The van der Waals surface area contributed by atoms with Crippen LogP contribution in [0, 0.1) is 0 Å². The number of rotatable bonds is 2. The highest BCUT2D eigenvalue weighted by Gasteiger charge is 2.27. The van der Waals surface area contributed by atoms with Gasteiger partial charge in [-0.2, -0.15) is 15.4 Å². The Morgan fingerprint density at radius 1 is 1.30 bits per heavy atom. The summed E-state index contributed by atoms with van der Waals surface area (Å²) >= 11 is 0. The number of amides is 1. The zero-order valence-corrected chi connectivity index (χ0v) is 11.0. The Hall–Kier alpha value is -2.21. The Kier molecular flexibility index (Phi) is 3.47. The first-order valence-corrected chi connectivity index (χ1v) is 6.69. The van der Waals surface area contributed by atoms with E-state index in [0.717, 1.165) is 18.4 Å². The normalized spacial score (nSPS) is 19.1. The van der Waals surface area contributed by atoms with Gasteiger partial charge in [0.25, 0.3) is 5.91 Å². The van der Waals surface area contributed by atoms with Crippen LogP contribution in [0.1, 0.15) is 23.3 Å². The lowest BCUT2D eigenvalue weighted by molar-refractivity contribution is 0.0469. The molecule has 1 aliphatic rings. The summed E-state index contributed by atoms with van der Waals surface area (Å²) in [6.45, 7) is 1.01. The van der Waals surface area contributed by atoms with Crippen molar-refractivity contribution in [1.82, 2.24) is 20.3 Å². The van der Waals surface area contributed by atoms with Gasteiger partial charge in [0.2, 0.25) is 0 Å². The third-order valence-corrected chi connectivity index (χ3v) is 3.48. The van der Waals surface area contributed by atoms with E-state index in [4.69, 9.17) is 0 Å². The summed E-state index contributed by atoms with van der Waals surface area (Å²) in [5, 5.41) is 20.3. The molecule has 3 rings (SSSR count). The minimum Gasteiger partial charge on any atom is -0.391 e. The van der Waals surface area contributed by atoms with Crippen molar-refractivity contribution >= 4 is 5.91 Å². The first-order valence-electron chi connectivity index (χ1n) is 6.69. The van der Waals surface area contributed by atoms with Crippen LogP contribution in [0.4, 0.5) is 0 Å². The summed E-state index contributed by atoms with van der Waals surface area (Å²) in [6.07, 6.45) is 1.11. The van der Waals surface area contributed by atoms with Crippen LogP contribution in [-0.2, 0) is 0 Å². The Morgan fingerprint density at radius 2 is 2.10 bits per heavy atom. The molecule has 1 unspecified atom stereocenters. The van der Waals surface area contributed by atoms with E-state index in [-0.39, 0.29) is 5.91 Å². The molecule has 0 radical (unpaired) electrons. The van der Waals surface area contributed by atoms with Gasteiger partial charge in [-0.1, -0.05) is 30.3 Å². The number of nitrogens with zero attached hydrogens (tertiary/aromatic N) is 3. The Bertz CT molecular complexity index is 596. The third-order valence-electron chi connectivity index (χ3n) is 3.48. The largest absolute Gasteiger partial charge is 0.391 e. The van der Waals surface area contributed by atoms with Gasteiger partial charge in [-0.05, 0) is 12.8 Å². The van der Waals surface area contributed by atoms with Gasteiger partial charge in [-0.25, -0.2) is 0 Å². The number of likely N-dealkylation sites (tertiary alicyclic amines) is 1. The number of benzene rings is 1. The molecule has 6 heteroatoms. The van der Waals surface area contributed by atoms with E-state index in [1.54, 1.807) is 4.90 Å². The predicted molar refractivity (Wildman–Crippen MR) is 73.0 cm³/mol. The number of piperidine rings is 1. The number of carbonyl (C=O) groups is 1. The molecule has 6 nitrogen and oxygen atoms in total. The van der Waals surface area contributed by atoms with Crippen LogP contribution in [0.3, 0.4) is 0 Å². The fraction of sp³-hybridized carbons (Fsp3) is 0.357. The number of hydrogen-bond acceptors (Lipinski definition) is 4. The number of hydrogen-bond donors (Lipinski definition) is 2. The molecule has 0 aliphatic carbocycles. The van der Waals surface area contributed by atoms with Crippen molar-refractivity contribution in [3.63, 3.8) is 0 Å². The number of aromatic nitrogens is 3. The van der Waals surface area contributed by atoms with Crippen molar-refractivity contribution in [3.05, 3.63) is 36.0 Å². The standard InChI is InChI=1S/C14H16N4O2/c19-11-7-4-8-18(9-11)14(20)13-12(15-17-16-13)10-5-2-1-3-6-10/h1-3,5-6,11,19H,4,7-9H2,(H,15,16,17). The maximum Gasteiger partial charge on any atom is 0.276 e. The summed E-state index contributed by atoms with van der Waals surface area (Å²) in [4.78, 5) is 14.1. The van der Waals surface area contributed by atoms with Gasteiger partial charge in [-0.15, -0.1) is 0 Å². The topological polar surface area (TPSA) is 82.1 Å². The second-order valence-corrected chi connectivity index (χ2v) is 4.93. The monoisotopic (exact) mass is 272 g/mol. The molecule has 104 valence electrons. The van der Waals surface area contributed by atoms with E-state index in [2.05, 4.69) is 15.4 Å². The van der Waals surface area contributed by atoms with Crippen LogP contribution in [-0.4, -0.2) is 50.5 Å². The fourth-order valence-electron chi connectivity index (χ4n) is 2.47. The van der Waals surface area contributed by atoms with Crippen LogP contribution in [0.2, 0.25) is 0 Å². The summed E-state index contributed by atoms with van der Waals surface area (Å²) in [5.41, 5.74) is 1.71. The quantitative estimate of drug-likeness (QED) is 0.856. The zero-order valence-electron chi connectivity index (χ0n) is 11.0. The van der Waals surface area contributed by atoms with Crippen molar-refractivity contribution in [1.29, 1.82) is 0 Å². The Balaban J connectivity index is 1.88. The maximum atomic E-state index is 12.5. The molecule has 0 spiro atoms. The summed E-state index contributed by atoms with van der Waals surface area (Å²) in [7, 11) is 0. The van der Waals surface area contributed by atoms with E-state index >= 15 is 0 Å². The fourth-order valence-corrected chi connectivity index (χ4v) is 2.47. The van der Waals surface area contributed by atoms with E-state index in [1.165, 1.54) is 0 Å². The molecular formula is C14H16N4O2. The van der Waals surface area contributed by atoms with Crippen molar-refractivity contribution in [2.45, 2.75) is 18.9 Å². The SMILES string of the molecule is O=C(c1n[nH]nc1-c1ccccc1)N1CCCC(O)C1. The minimum atomic E-state index is -0.445. The van der Waals surface area contributed by atoms with E-state index in [1.807, 2.05) is 30.3 Å². The van der Waals surface area contributed by atoms with Crippen molar-refractivity contribution in [2.75, 3.05) is 13.1 Å².